The standard InChI is InChI=1S/C11H9N5O3/c1-7-9(6-12)13-14-15(7)10-5-8(16(17)18)3-4-11(10)19-2/h3-5H,1-2H3. The Morgan fingerprint density at radius 3 is 2.79 bits per heavy atom. The molecular formula is C11H9N5O3. The lowest BCUT2D eigenvalue weighted by atomic mass is 10.2. The van der Waals surface area contributed by atoms with Crippen molar-refractivity contribution >= 4 is 5.69 Å². The number of hydrogen-bond donors (Lipinski definition) is 0. The normalized spacial score (nSPS) is 9.95. The lowest BCUT2D eigenvalue weighted by Gasteiger charge is -2.08. The van der Waals surface area contributed by atoms with E-state index in [-0.39, 0.29) is 11.4 Å². The van der Waals surface area contributed by atoms with Gasteiger partial charge in [0.2, 0.25) is 0 Å². The van der Waals surface area contributed by atoms with E-state index >= 15 is 0 Å². The molecule has 0 atom stereocenters. The van der Waals surface area contributed by atoms with Crippen molar-refractivity contribution in [3.63, 3.8) is 0 Å². The minimum Gasteiger partial charge on any atom is -0.494 e. The summed E-state index contributed by atoms with van der Waals surface area (Å²) < 4.78 is 6.48. The van der Waals surface area contributed by atoms with Crippen LogP contribution in [0.5, 0.6) is 5.75 Å². The molecule has 19 heavy (non-hydrogen) atoms. The lowest BCUT2D eigenvalue weighted by Crippen LogP contribution is -2.03. The molecule has 1 heterocycles. The van der Waals surface area contributed by atoms with E-state index in [2.05, 4.69) is 10.3 Å². The highest BCUT2D eigenvalue weighted by atomic mass is 16.6. The van der Waals surface area contributed by atoms with E-state index in [0.29, 0.717) is 17.1 Å². The molecule has 0 spiro atoms. The van der Waals surface area contributed by atoms with Gasteiger partial charge in [0, 0.05) is 12.1 Å². The Kier molecular flexibility index (Phi) is 3.12. The summed E-state index contributed by atoms with van der Waals surface area (Å²) in [7, 11) is 1.45. The van der Waals surface area contributed by atoms with Crippen LogP contribution in [-0.2, 0) is 0 Å². The quantitative estimate of drug-likeness (QED) is 0.608. The Labute approximate surface area is 108 Å². The zero-order valence-electron chi connectivity index (χ0n) is 10.2. The number of nitro benzene ring substituents is 1. The number of methoxy groups -OCH3 is 1. The summed E-state index contributed by atoms with van der Waals surface area (Å²) in [6, 6.07) is 6.02. The monoisotopic (exact) mass is 259 g/mol. The Balaban J connectivity index is 2.65. The minimum atomic E-state index is -0.513. The van der Waals surface area contributed by atoms with Crippen molar-refractivity contribution in [1.29, 1.82) is 5.26 Å². The summed E-state index contributed by atoms with van der Waals surface area (Å²) in [6.07, 6.45) is 0. The summed E-state index contributed by atoms with van der Waals surface area (Å²) in [5.74, 6) is 0.406. The van der Waals surface area contributed by atoms with Crippen LogP contribution in [0.2, 0.25) is 0 Å². The molecule has 0 saturated carbocycles. The Morgan fingerprint density at radius 2 is 2.26 bits per heavy atom. The van der Waals surface area contributed by atoms with Crippen LogP contribution >= 0.6 is 0 Å². The van der Waals surface area contributed by atoms with Crippen molar-refractivity contribution in [3.05, 3.63) is 39.7 Å². The van der Waals surface area contributed by atoms with Crippen molar-refractivity contribution in [3.8, 4) is 17.5 Å². The highest BCUT2D eigenvalue weighted by Crippen LogP contribution is 2.28. The Hall–Kier alpha value is -2.95. The van der Waals surface area contributed by atoms with Crippen molar-refractivity contribution in [2.75, 3.05) is 7.11 Å². The van der Waals surface area contributed by atoms with Crippen LogP contribution in [0.3, 0.4) is 0 Å². The number of nitrogens with zero attached hydrogens (tertiary/aromatic N) is 5. The predicted octanol–water partition coefficient (Wildman–Crippen LogP) is 1.36. The molecule has 0 aliphatic carbocycles. The van der Waals surface area contributed by atoms with E-state index in [4.69, 9.17) is 10.00 Å². The van der Waals surface area contributed by atoms with Gasteiger partial charge in [0.1, 0.15) is 17.5 Å². The third-order valence-corrected chi connectivity index (χ3v) is 2.60. The van der Waals surface area contributed by atoms with Crippen LogP contribution in [0.25, 0.3) is 5.69 Å². The predicted molar refractivity (Wildman–Crippen MR) is 64.0 cm³/mol. The number of ether oxygens (including phenoxy) is 1. The molecular weight excluding hydrogens is 250 g/mol. The lowest BCUT2D eigenvalue weighted by molar-refractivity contribution is -0.384. The van der Waals surface area contributed by atoms with Gasteiger partial charge >= 0.3 is 0 Å². The fourth-order valence-electron chi connectivity index (χ4n) is 1.62. The van der Waals surface area contributed by atoms with Crippen molar-refractivity contribution in [1.82, 2.24) is 15.0 Å². The molecule has 0 saturated heterocycles. The van der Waals surface area contributed by atoms with Gasteiger partial charge in [-0.1, -0.05) is 5.21 Å². The van der Waals surface area contributed by atoms with Gasteiger partial charge in [-0.2, -0.15) is 5.26 Å². The molecule has 2 aromatic rings. The molecule has 8 nitrogen and oxygen atoms in total. The van der Waals surface area contributed by atoms with Gasteiger partial charge < -0.3 is 4.74 Å². The maximum absolute atomic E-state index is 10.8. The first kappa shape index (κ1) is 12.5. The van der Waals surface area contributed by atoms with Crippen LogP contribution in [0, 0.1) is 28.4 Å². The molecule has 0 amide bonds. The fourth-order valence-corrected chi connectivity index (χ4v) is 1.62. The molecule has 0 aliphatic rings. The molecule has 1 aromatic heterocycles. The van der Waals surface area contributed by atoms with E-state index < -0.39 is 4.92 Å². The van der Waals surface area contributed by atoms with Crippen LogP contribution < -0.4 is 4.74 Å². The third kappa shape index (κ3) is 2.09. The average Bonchev–Trinajstić information content (AvgIpc) is 2.78. The van der Waals surface area contributed by atoms with Crippen LogP contribution in [0.1, 0.15) is 11.4 Å². The first-order valence-electron chi connectivity index (χ1n) is 5.23. The highest BCUT2D eigenvalue weighted by Gasteiger charge is 2.17. The van der Waals surface area contributed by atoms with Crippen LogP contribution in [0.4, 0.5) is 5.69 Å². The zero-order valence-corrected chi connectivity index (χ0v) is 10.2. The van der Waals surface area contributed by atoms with Crippen molar-refractivity contribution in [2.45, 2.75) is 6.92 Å². The zero-order chi connectivity index (χ0) is 14.0. The van der Waals surface area contributed by atoms with Gasteiger partial charge in [0.15, 0.2) is 5.69 Å². The van der Waals surface area contributed by atoms with Gasteiger partial charge in [0.05, 0.1) is 17.7 Å². The highest BCUT2D eigenvalue weighted by molar-refractivity contribution is 5.54. The number of non-ortho nitro benzene ring substituents is 1. The van der Waals surface area contributed by atoms with Gasteiger partial charge in [0.25, 0.3) is 5.69 Å². The Bertz CT molecular complexity index is 686. The fraction of sp³-hybridized carbons (Fsp3) is 0.182. The first-order valence-corrected chi connectivity index (χ1v) is 5.23. The van der Waals surface area contributed by atoms with E-state index in [0.717, 1.165) is 0 Å². The molecule has 1 aromatic carbocycles. The molecule has 0 bridgehead atoms. The minimum absolute atomic E-state index is 0.0933. The van der Waals surface area contributed by atoms with Gasteiger partial charge in [-0.15, -0.1) is 5.10 Å². The number of nitriles is 1. The van der Waals surface area contributed by atoms with E-state index in [1.165, 1.54) is 30.0 Å². The topological polar surface area (TPSA) is 107 Å². The molecule has 0 unspecified atom stereocenters. The molecule has 2 rings (SSSR count). The van der Waals surface area contributed by atoms with Gasteiger partial charge in [-0.3, -0.25) is 10.1 Å². The maximum atomic E-state index is 10.8. The summed E-state index contributed by atoms with van der Waals surface area (Å²) >= 11 is 0. The molecule has 0 N–H and O–H groups in total. The molecule has 0 aliphatic heterocycles. The van der Waals surface area contributed by atoms with E-state index in [9.17, 15) is 10.1 Å². The van der Waals surface area contributed by atoms with Crippen molar-refractivity contribution in [2.24, 2.45) is 0 Å². The number of rotatable bonds is 3. The molecule has 96 valence electrons. The SMILES string of the molecule is COc1ccc([N+](=O)[O-])cc1-n1nnc(C#N)c1C. The third-order valence-electron chi connectivity index (χ3n) is 2.60. The smallest absolute Gasteiger partial charge is 0.271 e. The maximum Gasteiger partial charge on any atom is 0.271 e. The van der Waals surface area contributed by atoms with Crippen LogP contribution in [0.15, 0.2) is 18.2 Å². The summed E-state index contributed by atoms with van der Waals surface area (Å²) in [5.41, 5.74) is 0.919. The Morgan fingerprint density at radius 1 is 1.53 bits per heavy atom. The van der Waals surface area contributed by atoms with Crippen LogP contribution in [-0.4, -0.2) is 27.0 Å². The molecule has 8 heteroatoms. The van der Waals surface area contributed by atoms with E-state index in [1.807, 2.05) is 6.07 Å². The largest absolute Gasteiger partial charge is 0.494 e. The summed E-state index contributed by atoms with van der Waals surface area (Å²) in [5, 5.41) is 27.1. The first-order chi connectivity index (χ1) is 9.08. The van der Waals surface area contributed by atoms with E-state index in [1.54, 1.807) is 6.92 Å². The molecule has 0 radical (unpaired) electrons. The summed E-state index contributed by atoms with van der Waals surface area (Å²) in [6.45, 7) is 1.65. The summed E-state index contributed by atoms with van der Waals surface area (Å²) in [4.78, 5) is 10.3. The number of aromatic nitrogens is 3. The van der Waals surface area contributed by atoms with Gasteiger partial charge in [-0.05, 0) is 13.0 Å². The second-order valence-corrected chi connectivity index (χ2v) is 3.66. The van der Waals surface area contributed by atoms with Gasteiger partial charge in [-0.25, -0.2) is 4.68 Å². The van der Waals surface area contributed by atoms with Crippen molar-refractivity contribution < 1.29 is 9.66 Å². The molecule has 0 fully saturated rings. The number of nitro groups is 1. The average molecular weight is 259 g/mol. The number of benzene rings is 1. The number of hydrogen-bond acceptors (Lipinski definition) is 6. The second-order valence-electron chi connectivity index (χ2n) is 3.66. The second kappa shape index (κ2) is 4.73.